The summed E-state index contributed by atoms with van der Waals surface area (Å²) in [6.45, 7) is 0. The first kappa shape index (κ1) is 13.3. The molecule has 1 amide bonds. The fourth-order valence-corrected chi connectivity index (χ4v) is 3.73. The van der Waals surface area contributed by atoms with Gasteiger partial charge in [-0.3, -0.25) is 9.78 Å². The number of nitrogens with one attached hydrogen (secondary N) is 1. The summed E-state index contributed by atoms with van der Waals surface area (Å²) < 4.78 is 0. The third-order valence-electron chi connectivity index (χ3n) is 3.64. The predicted molar refractivity (Wildman–Crippen MR) is 82.4 cm³/mol. The van der Waals surface area contributed by atoms with Crippen LogP contribution in [-0.2, 0) is 12.8 Å². The maximum absolute atomic E-state index is 12.3. The third kappa shape index (κ3) is 3.07. The zero-order valence-electron chi connectivity index (χ0n) is 11.4. The lowest BCUT2D eigenvalue weighted by molar-refractivity contribution is 0.103. The lowest BCUT2D eigenvalue weighted by atomic mass is 10.00. The Hall–Kier alpha value is -1.68. The van der Waals surface area contributed by atoms with Crippen molar-refractivity contribution in [2.24, 2.45) is 0 Å². The van der Waals surface area contributed by atoms with E-state index >= 15 is 0 Å². The van der Waals surface area contributed by atoms with Crippen LogP contribution < -0.4 is 5.32 Å². The fraction of sp³-hybridized carbons (Fsp3) is 0.375. The molecule has 0 spiro atoms. The van der Waals surface area contributed by atoms with E-state index < -0.39 is 0 Å². The van der Waals surface area contributed by atoms with Gasteiger partial charge in [-0.05, 0) is 49.4 Å². The number of hydrogen-bond acceptors (Lipinski definition) is 3. The van der Waals surface area contributed by atoms with Crippen LogP contribution in [-0.4, -0.2) is 10.9 Å². The van der Waals surface area contributed by atoms with Gasteiger partial charge >= 0.3 is 0 Å². The molecule has 20 heavy (non-hydrogen) atoms. The Morgan fingerprint density at radius 3 is 2.85 bits per heavy atom. The molecule has 2 aromatic rings. The Bertz CT molecular complexity index is 566. The van der Waals surface area contributed by atoms with E-state index in [1.807, 2.05) is 12.1 Å². The first-order valence-corrected chi connectivity index (χ1v) is 7.97. The Balaban J connectivity index is 1.76. The highest BCUT2D eigenvalue weighted by Gasteiger charge is 2.15. The van der Waals surface area contributed by atoms with E-state index in [-0.39, 0.29) is 5.91 Å². The number of pyridine rings is 1. The molecule has 0 saturated carbocycles. The second-order valence-corrected chi connectivity index (χ2v) is 6.31. The number of aryl methyl sites for hydroxylation is 2. The molecule has 0 unspecified atom stereocenters. The van der Waals surface area contributed by atoms with Gasteiger partial charge in [0.2, 0.25) is 0 Å². The molecule has 1 aliphatic rings. The number of fused-ring (bicyclic) bond motifs is 1. The van der Waals surface area contributed by atoms with Crippen molar-refractivity contribution in [1.82, 2.24) is 4.98 Å². The zero-order valence-corrected chi connectivity index (χ0v) is 12.2. The lowest BCUT2D eigenvalue weighted by Gasteiger charge is -2.07. The molecule has 0 aliphatic heterocycles. The van der Waals surface area contributed by atoms with Gasteiger partial charge in [0.05, 0.1) is 16.8 Å². The number of hydrogen-bond donors (Lipinski definition) is 1. The van der Waals surface area contributed by atoms with E-state index in [1.54, 1.807) is 23.7 Å². The van der Waals surface area contributed by atoms with Crippen molar-refractivity contribution in [3.05, 3.63) is 45.9 Å². The molecule has 1 N–H and O–H groups in total. The molecule has 2 aromatic heterocycles. The monoisotopic (exact) mass is 286 g/mol. The minimum Gasteiger partial charge on any atom is -0.320 e. The Morgan fingerprint density at radius 1 is 1.20 bits per heavy atom. The number of nitrogens with zero attached hydrogens (tertiary/aromatic N) is 1. The average molecular weight is 286 g/mol. The Labute approximate surface area is 123 Å². The van der Waals surface area contributed by atoms with Gasteiger partial charge in [0.1, 0.15) is 0 Å². The van der Waals surface area contributed by atoms with Gasteiger partial charge < -0.3 is 5.32 Å². The quantitative estimate of drug-likeness (QED) is 0.904. The molecule has 4 heteroatoms. The lowest BCUT2D eigenvalue weighted by Crippen LogP contribution is -2.10. The van der Waals surface area contributed by atoms with E-state index in [0.717, 1.165) is 23.4 Å². The number of rotatable bonds is 2. The fourth-order valence-electron chi connectivity index (χ4n) is 2.59. The Kier molecular flexibility index (Phi) is 4.11. The molecule has 0 radical (unpaired) electrons. The molecule has 0 fully saturated rings. The highest BCUT2D eigenvalue weighted by atomic mass is 32.1. The number of carbonyl (C=O) groups is 1. The highest BCUT2D eigenvalue weighted by Crippen LogP contribution is 2.28. The molecule has 0 bridgehead atoms. The van der Waals surface area contributed by atoms with Crippen LogP contribution in [0, 0.1) is 0 Å². The largest absolute Gasteiger partial charge is 0.320 e. The molecular weight excluding hydrogens is 268 g/mol. The van der Waals surface area contributed by atoms with Gasteiger partial charge in [0.25, 0.3) is 5.91 Å². The van der Waals surface area contributed by atoms with Gasteiger partial charge in [0.15, 0.2) is 0 Å². The summed E-state index contributed by atoms with van der Waals surface area (Å²) in [5, 5.41) is 2.91. The topological polar surface area (TPSA) is 42.0 Å². The van der Waals surface area contributed by atoms with Gasteiger partial charge in [-0.15, -0.1) is 11.3 Å². The summed E-state index contributed by atoms with van der Waals surface area (Å²) in [6.07, 6.45) is 10.7. The first-order valence-electron chi connectivity index (χ1n) is 7.16. The molecule has 2 heterocycles. The minimum absolute atomic E-state index is 0.0188. The molecule has 104 valence electrons. The normalized spacial score (nSPS) is 15.0. The van der Waals surface area contributed by atoms with E-state index in [1.165, 1.54) is 36.1 Å². The number of aromatic nitrogens is 1. The van der Waals surface area contributed by atoms with Crippen molar-refractivity contribution in [3.63, 3.8) is 0 Å². The summed E-state index contributed by atoms with van der Waals surface area (Å²) in [7, 11) is 0. The van der Waals surface area contributed by atoms with Gasteiger partial charge in [0, 0.05) is 11.1 Å². The number of thiophene rings is 1. The van der Waals surface area contributed by atoms with Crippen molar-refractivity contribution < 1.29 is 4.79 Å². The van der Waals surface area contributed by atoms with E-state index in [0.29, 0.717) is 0 Å². The molecular formula is C16H18N2OS. The van der Waals surface area contributed by atoms with E-state index in [4.69, 9.17) is 0 Å². The summed E-state index contributed by atoms with van der Waals surface area (Å²) in [4.78, 5) is 18.5. The second-order valence-electron chi connectivity index (χ2n) is 5.17. The van der Waals surface area contributed by atoms with Crippen LogP contribution in [0.15, 0.2) is 30.6 Å². The van der Waals surface area contributed by atoms with Crippen LogP contribution in [0.4, 0.5) is 5.69 Å². The zero-order chi connectivity index (χ0) is 13.8. The first-order chi connectivity index (χ1) is 9.83. The molecule has 1 aliphatic carbocycles. The predicted octanol–water partition coefficient (Wildman–Crippen LogP) is 4.05. The number of carbonyl (C=O) groups excluding carboxylic acids is 1. The van der Waals surface area contributed by atoms with Crippen LogP contribution in [0.25, 0.3) is 0 Å². The standard InChI is InChI=1S/C16H18N2OS/c19-16(18-13-7-5-9-17-11-13)15-10-12-6-3-1-2-4-8-14(12)20-15/h5,7,9-11H,1-4,6,8H2,(H,18,19). The Morgan fingerprint density at radius 2 is 2.05 bits per heavy atom. The van der Waals surface area contributed by atoms with Crippen molar-refractivity contribution in [2.75, 3.05) is 5.32 Å². The van der Waals surface area contributed by atoms with Gasteiger partial charge in [-0.2, -0.15) is 0 Å². The number of anilines is 1. The van der Waals surface area contributed by atoms with Crippen molar-refractivity contribution >= 4 is 22.9 Å². The van der Waals surface area contributed by atoms with Crippen molar-refractivity contribution in [2.45, 2.75) is 38.5 Å². The molecule has 0 aromatic carbocycles. The smallest absolute Gasteiger partial charge is 0.265 e. The van der Waals surface area contributed by atoms with E-state index in [9.17, 15) is 4.79 Å². The average Bonchev–Trinajstić information content (AvgIpc) is 2.82. The van der Waals surface area contributed by atoms with Crippen LogP contribution in [0.1, 0.15) is 45.8 Å². The van der Waals surface area contributed by atoms with Crippen LogP contribution in [0.2, 0.25) is 0 Å². The molecule has 3 rings (SSSR count). The second kappa shape index (κ2) is 6.18. The van der Waals surface area contributed by atoms with Gasteiger partial charge in [-0.25, -0.2) is 0 Å². The maximum Gasteiger partial charge on any atom is 0.265 e. The van der Waals surface area contributed by atoms with Crippen LogP contribution >= 0.6 is 11.3 Å². The molecule has 0 saturated heterocycles. The summed E-state index contributed by atoms with van der Waals surface area (Å²) in [6, 6.07) is 5.76. The number of amides is 1. The molecule has 0 atom stereocenters. The van der Waals surface area contributed by atoms with E-state index in [2.05, 4.69) is 16.4 Å². The van der Waals surface area contributed by atoms with Gasteiger partial charge in [-0.1, -0.05) is 12.8 Å². The highest BCUT2D eigenvalue weighted by molar-refractivity contribution is 7.14. The van der Waals surface area contributed by atoms with Crippen molar-refractivity contribution in [3.8, 4) is 0 Å². The summed E-state index contributed by atoms with van der Waals surface area (Å²) >= 11 is 1.65. The molecule has 3 nitrogen and oxygen atoms in total. The maximum atomic E-state index is 12.3. The van der Waals surface area contributed by atoms with Crippen LogP contribution in [0.3, 0.4) is 0 Å². The third-order valence-corrected chi connectivity index (χ3v) is 4.88. The SMILES string of the molecule is O=C(Nc1cccnc1)c1cc2c(s1)CCCCCC2. The minimum atomic E-state index is -0.0188. The van der Waals surface area contributed by atoms with Crippen LogP contribution in [0.5, 0.6) is 0 Å². The summed E-state index contributed by atoms with van der Waals surface area (Å²) in [5.74, 6) is -0.0188. The van der Waals surface area contributed by atoms with Crippen molar-refractivity contribution in [1.29, 1.82) is 0 Å². The summed E-state index contributed by atoms with van der Waals surface area (Å²) in [5.41, 5.74) is 2.13.